The maximum absolute atomic E-state index is 14.1. The second-order valence-electron chi connectivity index (χ2n) is 8.69. The molecule has 6 heteroatoms. The number of fused-ring (bicyclic) bond motifs is 1. The highest BCUT2D eigenvalue weighted by Crippen LogP contribution is 2.60. The largest absolute Gasteiger partial charge is 0.497 e. The van der Waals surface area contributed by atoms with Gasteiger partial charge in [-0.15, -0.1) is 11.8 Å². The molecule has 154 valence electrons. The van der Waals surface area contributed by atoms with Gasteiger partial charge in [0.25, 0.3) is 5.91 Å². The Morgan fingerprint density at radius 3 is 2.40 bits per heavy atom. The molecule has 0 N–H and O–H groups in total. The molecule has 3 aliphatic rings. The number of benzene rings is 2. The second-order valence-corrected chi connectivity index (χ2v) is 9.86. The summed E-state index contributed by atoms with van der Waals surface area (Å²) in [5.41, 5.74) is 5.40. The van der Waals surface area contributed by atoms with Crippen LogP contribution in [0.3, 0.4) is 0 Å². The van der Waals surface area contributed by atoms with E-state index in [1.165, 1.54) is 11.8 Å². The minimum absolute atomic E-state index is 0.0511. The number of amides is 2. The molecular formula is C24H24N2O3S. The van der Waals surface area contributed by atoms with Gasteiger partial charge >= 0.3 is 0 Å². The first-order chi connectivity index (χ1) is 14.2. The van der Waals surface area contributed by atoms with Gasteiger partial charge in [-0.3, -0.25) is 19.4 Å². The lowest BCUT2D eigenvalue weighted by Crippen LogP contribution is -2.54. The topological polar surface area (TPSA) is 49.9 Å². The van der Waals surface area contributed by atoms with Crippen molar-refractivity contribution in [2.75, 3.05) is 22.7 Å². The molecule has 3 heterocycles. The number of allylic oxidation sites excluding steroid dienone is 1. The van der Waals surface area contributed by atoms with Crippen LogP contribution in [0.2, 0.25) is 0 Å². The number of anilines is 2. The third-order valence-electron chi connectivity index (χ3n) is 6.21. The molecule has 5 nitrogen and oxygen atoms in total. The molecule has 1 atom stereocenters. The van der Waals surface area contributed by atoms with E-state index < -0.39 is 10.4 Å². The zero-order valence-corrected chi connectivity index (χ0v) is 18.6. The molecule has 1 saturated heterocycles. The minimum atomic E-state index is -1.09. The Balaban J connectivity index is 1.79. The van der Waals surface area contributed by atoms with Crippen LogP contribution in [0, 0.1) is 6.92 Å². The Morgan fingerprint density at radius 1 is 1.03 bits per heavy atom. The number of thioether (sulfide) groups is 1. The van der Waals surface area contributed by atoms with Crippen LogP contribution in [0.1, 0.15) is 37.5 Å². The van der Waals surface area contributed by atoms with E-state index in [-0.39, 0.29) is 17.6 Å². The number of methoxy groups -OCH3 is 1. The number of ether oxygens (including phenoxy) is 1. The van der Waals surface area contributed by atoms with Crippen LogP contribution in [-0.4, -0.2) is 30.2 Å². The summed E-state index contributed by atoms with van der Waals surface area (Å²) in [6.07, 6.45) is 2.15. The molecule has 0 saturated carbocycles. The molecule has 0 unspecified atom stereocenters. The standard InChI is InChI=1S/C24H24N2O3S/c1-14-10-18-15(2)12-23(3,4)26-21(18)19(11-14)24(22(26)28)25(20(27)13-30-24)16-6-8-17(29-5)9-7-16/h6-12H,13H2,1-5H3/t24-/m1/s1. The zero-order chi connectivity index (χ0) is 21.4. The summed E-state index contributed by atoms with van der Waals surface area (Å²) in [5, 5.41) is 0. The molecule has 1 spiro atoms. The molecule has 2 amide bonds. The predicted molar refractivity (Wildman–Crippen MR) is 121 cm³/mol. The molecular weight excluding hydrogens is 396 g/mol. The third-order valence-corrected chi connectivity index (χ3v) is 7.59. The predicted octanol–water partition coefficient (Wildman–Crippen LogP) is 4.48. The fourth-order valence-electron chi connectivity index (χ4n) is 5.05. The Labute approximate surface area is 180 Å². The molecule has 0 radical (unpaired) electrons. The van der Waals surface area contributed by atoms with E-state index in [2.05, 4.69) is 39.0 Å². The average molecular weight is 421 g/mol. The third kappa shape index (κ3) is 2.31. The number of rotatable bonds is 2. The second kappa shape index (κ2) is 6.14. The van der Waals surface area contributed by atoms with E-state index >= 15 is 0 Å². The van der Waals surface area contributed by atoms with E-state index in [9.17, 15) is 9.59 Å². The normalized spacial score (nSPS) is 23.8. The van der Waals surface area contributed by atoms with Gasteiger partial charge in [0.15, 0.2) is 0 Å². The maximum Gasteiger partial charge on any atom is 0.269 e. The van der Waals surface area contributed by atoms with Gasteiger partial charge in [0.2, 0.25) is 10.8 Å². The average Bonchev–Trinajstić information content (AvgIpc) is 3.17. The highest BCUT2D eigenvalue weighted by Gasteiger charge is 2.64. The number of carbonyl (C=O) groups is 2. The van der Waals surface area contributed by atoms with Crippen LogP contribution in [0.25, 0.3) is 5.57 Å². The van der Waals surface area contributed by atoms with Crippen LogP contribution >= 0.6 is 11.8 Å². The van der Waals surface area contributed by atoms with E-state index in [0.717, 1.165) is 28.0 Å². The zero-order valence-electron chi connectivity index (χ0n) is 17.8. The monoisotopic (exact) mass is 420 g/mol. The number of hydrogen-bond acceptors (Lipinski definition) is 4. The van der Waals surface area contributed by atoms with Crippen molar-refractivity contribution < 1.29 is 14.3 Å². The maximum atomic E-state index is 14.1. The summed E-state index contributed by atoms with van der Waals surface area (Å²) in [6, 6.07) is 11.6. The van der Waals surface area contributed by atoms with E-state index in [4.69, 9.17) is 4.74 Å². The van der Waals surface area contributed by atoms with Crippen molar-refractivity contribution in [1.82, 2.24) is 0 Å². The van der Waals surface area contributed by atoms with Crippen LogP contribution in [0.15, 0.2) is 42.5 Å². The molecule has 2 aromatic carbocycles. The van der Waals surface area contributed by atoms with Gasteiger partial charge in [-0.05, 0) is 69.2 Å². The van der Waals surface area contributed by atoms with Gasteiger partial charge in [-0.1, -0.05) is 12.1 Å². The first-order valence-electron chi connectivity index (χ1n) is 10.0. The lowest BCUT2D eigenvalue weighted by Gasteiger charge is -2.40. The Bertz CT molecular complexity index is 1140. The summed E-state index contributed by atoms with van der Waals surface area (Å²) < 4.78 is 5.28. The summed E-state index contributed by atoms with van der Waals surface area (Å²) in [6.45, 7) is 8.25. The van der Waals surface area contributed by atoms with Crippen molar-refractivity contribution in [2.45, 2.75) is 38.1 Å². The summed E-state index contributed by atoms with van der Waals surface area (Å²) >= 11 is 1.42. The van der Waals surface area contributed by atoms with Gasteiger partial charge in [-0.2, -0.15) is 0 Å². The molecule has 5 rings (SSSR count). The van der Waals surface area contributed by atoms with Crippen molar-refractivity contribution in [3.05, 3.63) is 59.2 Å². The van der Waals surface area contributed by atoms with Crippen molar-refractivity contribution >= 4 is 40.5 Å². The van der Waals surface area contributed by atoms with E-state index in [0.29, 0.717) is 11.4 Å². The van der Waals surface area contributed by atoms with Crippen LogP contribution < -0.4 is 14.5 Å². The minimum Gasteiger partial charge on any atom is -0.497 e. The Hall–Kier alpha value is -2.73. The number of hydrogen-bond donors (Lipinski definition) is 0. The Morgan fingerprint density at radius 2 is 1.73 bits per heavy atom. The van der Waals surface area contributed by atoms with Crippen molar-refractivity contribution in [1.29, 1.82) is 0 Å². The van der Waals surface area contributed by atoms with Crippen molar-refractivity contribution in [2.24, 2.45) is 0 Å². The van der Waals surface area contributed by atoms with Gasteiger partial charge in [0, 0.05) is 16.8 Å². The molecule has 1 fully saturated rings. The lowest BCUT2D eigenvalue weighted by molar-refractivity contribution is -0.124. The van der Waals surface area contributed by atoms with E-state index in [1.54, 1.807) is 12.0 Å². The molecule has 3 aliphatic heterocycles. The fourth-order valence-corrected chi connectivity index (χ4v) is 6.38. The van der Waals surface area contributed by atoms with Crippen LogP contribution in [0.5, 0.6) is 5.75 Å². The molecule has 0 aliphatic carbocycles. The summed E-state index contributed by atoms with van der Waals surface area (Å²) in [4.78, 5) is 29.8. The lowest BCUT2D eigenvalue weighted by atomic mass is 9.88. The SMILES string of the molecule is COc1ccc(N2C(=O)CS[C@]23C(=O)N2c4c(cc(C)cc43)C(C)=CC2(C)C)cc1. The quantitative estimate of drug-likeness (QED) is 0.719. The van der Waals surface area contributed by atoms with Crippen LogP contribution in [0.4, 0.5) is 11.4 Å². The van der Waals surface area contributed by atoms with Gasteiger partial charge in [0.1, 0.15) is 5.75 Å². The first-order valence-corrected chi connectivity index (χ1v) is 11.0. The summed E-state index contributed by atoms with van der Waals surface area (Å²) in [5.74, 6) is 0.867. The number of nitrogens with zero attached hydrogens (tertiary/aromatic N) is 2. The van der Waals surface area contributed by atoms with Crippen molar-refractivity contribution in [3.8, 4) is 5.75 Å². The molecule has 0 bridgehead atoms. The number of aryl methyl sites for hydroxylation is 1. The molecule has 2 aromatic rings. The van der Waals surface area contributed by atoms with Crippen molar-refractivity contribution in [3.63, 3.8) is 0 Å². The van der Waals surface area contributed by atoms with Crippen LogP contribution in [-0.2, 0) is 14.5 Å². The Kier molecular flexibility index (Phi) is 3.94. The molecule has 0 aromatic heterocycles. The summed E-state index contributed by atoms with van der Waals surface area (Å²) in [7, 11) is 1.61. The number of carbonyl (C=O) groups excluding carboxylic acids is 2. The first kappa shape index (κ1) is 19.2. The highest BCUT2D eigenvalue weighted by molar-refractivity contribution is 8.02. The van der Waals surface area contributed by atoms with Gasteiger partial charge in [-0.25, -0.2) is 0 Å². The highest BCUT2D eigenvalue weighted by atomic mass is 32.2. The smallest absolute Gasteiger partial charge is 0.269 e. The van der Waals surface area contributed by atoms with E-state index in [1.807, 2.05) is 36.1 Å². The molecule has 30 heavy (non-hydrogen) atoms. The fraction of sp³-hybridized carbons (Fsp3) is 0.333. The van der Waals surface area contributed by atoms with Gasteiger partial charge in [0.05, 0.1) is 24.1 Å². The van der Waals surface area contributed by atoms with Gasteiger partial charge < -0.3 is 4.74 Å².